The quantitative estimate of drug-likeness (QED) is 0.946. The molecule has 0 bridgehead atoms. The maximum absolute atomic E-state index is 13.3. The van der Waals surface area contributed by atoms with Crippen LogP contribution in [-0.2, 0) is 4.79 Å². The molecule has 4 nitrogen and oxygen atoms in total. The Bertz CT molecular complexity index is 736. The normalized spacial score (nSPS) is 17.4. The molecule has 2 aromatic carbocycles. The fraction of sp³-hybridized carbons (Fsp3) is 0.235. The SMILES string of the molecule is C[C@H](NC(=O)[C@H]1COc2ccccc2O1)c1ccc(F)c(F)c1. The number of ether oxygens (including phenoxy) is 2. The van der Waals surface area contributed by atoms with Crippen molar-refractivity contribution in [2.75, 3.05) is 6.61 Å². The van der Waals surface area contributed by atoms with Gasteiger partial charge in [-0.05, 0) is 36.8 Å². The van der Waals surface area contributed by atoms with Gasteiger partial charge < -0.3 is 14.8 Å². The predicted octanol–water partition coefficient (Wildman–Crippen LogP) is 2.98. The third-order valence-corrected chi connectivity index (χ3v) is 3.60. The van der Waals surface area contributed by atoms with E-state index >= 15 is 0 Å². The maximum Gasteiger partial charge on any atom is 0.265 e. The number of hydrogen-bond acceptors (Lipinski definition) is 3. The van der Waals surface area contributed by atoms with Crippen LogP contribution in [0.1, 0.15) is 18.5 Å². The highest BCUT2D eigenvalue weighted by atomic mass is 19.2. The first-order chi connectivity index (χ1) is 11.0. The van der Waals surface area contributed by atoms with Gasteiger partial charge in [0.15, 0.2) is 23.1 Å². The van der Waals surface area contributed by atoms with Gasteiger partial charge in [-0.1, -0.05) is 18.2 Å². The van der Waals surface area contributed by atoms with Crippen molar-refractivity contribution in [3.8, 4) is 11.5 Å². The van der Waals surface area contributed by atoms with Crippen LogP contribution < -0.4 is 14.8 Å². The molecule has 0 aromatic heterocycles. The van der Waals surface area contributed by atoms with Gasteiger partial charge in [-0.25, -0.2) is 8.78 Å². The molecule has 120 valence electrons. The summed E-state index contributed by atoms with van der Waals surface area (Å²) in [6, 6.07) is 10.1. The number of amides is 1. The van der Waals surface area contributed by atoms with Gasteiger partial charge in [-0.15, -0.1) is 0 Å². The first-order valence-corrected chi connectivity index (χ1v) is 7.18. The molecule has 23 heavy (non-hydrogen) atoms. The van der Waals surface area contributed by atoms with Crippen molar-refractivity contribution in [1.82, 2.24) is 5.32 Å². The van der Waals surface area contributed by atoms with Crippen molar-refractivity contribution in [1.29, 1.82) is 0 Å². The van der Waals surface area contributed by atoms with Gasteiger partial charge in [-0.2, -0.15) is 0 Å². The number of benzene rings is 2. The van der Waals surface area contributed by atoms with E-state index in [1.165, 1.54) is 6.07 Å². The molecule has 0 saturated heterocycles. The summed E-state index contributed by atoms with van der Waals surface area (Å²) in [6.07, 6.45) is -0.794. The van der Waals surface area contributed by atoms with Gasteiger partial charge in [0, 0.05) is 0 Å². The predicted molar refractivity (Wildman–Crippen MR) is 79.3 cm³/mol. The number of halogens is 2. The van der Waals surface area contributed by atoms with Gasteiger partial charge in [0.1, 0.15) is 6.61 Å². The minimum absolute atomic E-state index is 0.0906. The lowest BCUT2D eigenvalue weighted by atomic mass is 10.1. The van der Waals surface area contributed by atoms with Crippen LogP contribution in [0.5, 0.6) is 11.5 Å². The highest BCUT2D eigenvalue weighted by molar-refractivity contribution is 5.82. The molecule has 0 aliphatic carbocycles. The molecule has 0 saturated carbocycles. The van der Waals surface area contributed by atoms with Gasteiger partial charge in [0.2, 0.25) is 6.10 Å². The zero-order valence-electron chi connectivity index (χ0n) is 12.4. The van der Waals surface area contributed by atoms with Crippen LogP contribution in [0.15, 0.2) is 42.5 Å². The Hall–Kier alpha value is -2.63. The van der Waals surface area contributed by atoms with Crippen molar-refractivity contribution >= 4 is 5.91 Å². The lowest BCUT2D eigenvalue weighted by molar-refractivity contribution is -0.131. The summed E-state index contributed by atoms with van der Waals surface area (Å²) in [5.74, 6) is -1.16. The summed E-state index contributed by atoms with van der Waals surface area (Å²) in [4.78, 5) is 12.3. The third kappa shape index (κ3) is 3.26. The number of fused-ring (bicyclic) bond motifs is 1. The summed E-state index contributed by atoms with van der Waals surface area (Å²) < 4.78 is 37.3. The van der Waals surface area contributed by atoms with Crippen molar-refractivity contribution < 1.29 is 23.0 Å². The van der Waals surface area contributed by atoms with E-state index in [0.717, 1.165) is 12.1 Å². The fourth-order valence-electron chi connectivity index (χ4n) is 2.32. The van der Waals surface area contributed by atoms with E-state index in [-0.39, 0.29) is 12.5 Å². The summed E-state index contributed by atoms with van der Waals surface area (Å²) in [5, 5.41) is 2.71. The molecule has 2 atom stereocenters. The zero-order chi connectivity index (χ0) is 16.4. The van der Waals surface area contributed by atoms with Crippen molar-refractivity contribution in [3.05, 3.63) is 59.7 Å². The molecule has 1 N–H and O–H groups in total. The smallest absolute Gasteiger partial charge is 0.265 e. The minimum Gasteiger partial charge on any atom is -0.485 e. The number of carbonyl (C=O) groups excluding carboxylic acids is 1. The van der Waals surface area contributed by atoms with E-state index in [0.29, 0.717) is 17.1 Å². The Kier molecular flexibility index (Phi) is 4.14. The molecule has 3 rings (SSSR count). The molecule has 0 unspecified atom stereocenters. The van der Waals surface area contributed by atoms with E-state index < -0.39 is 23.8 Å². The molecule has 0 radical (unpaired) electrons. The third-order valence-electron chi connectivity index (χ3n) is 3.60. The Morgan fingerprint density at radius 3 is 2.65 bits per heavy atom. The highest BCUT2D eigenvalue weighted by Gasteiger charge is 2.28. The van der Waals surface area contributed by atoms with Crippen LogP contribution in [0.2, 0.25) is 0 Å². The van der Waals surface area contributed by atoms with E-state index in [4.69, 9.17) is 9.47 Å². The van der Waals surface area contributed by atoms with Crippen molar-refractivity contribution in [2.24, 2.45) is 0 Å². The highest BCUT2D eigenvalue weighted by Crippen LogP contribution is 2.31. The Morgan fingerprint density at radius 1 is 1.17 bits per heavy atom. The molecule has 2 aromatic rings. The first-order valence-electron chi connectivity index (χ1n) is 7.18. The average molecular weight is 319 g/mol. The summed E-state index contributed by atoms with van der Waals surface area (Å²) in [7, 11) is 0. The maximum atomic E-state index is 13.3. The number of para-hydroxylation sites is 2. The lowest BCUT2D eigenvalue weighted by Crippen LogP contribution is -2.44. The summed E-state index contributed by atoms with van der Waals surface area (Å²) in [5.41, 5.74) is 0.467. The largest absolute Gasteiger partial charge is 0.485 e. The molecule has 0 spiro atoms. The van der Waals surface area contributed by atoms with Gasteiger partial charge >= 0.3 is 0 Å². The van der Waals surface area contributed by atoms with Gasteiger partial charge in [0.25, 0.3) is 5.91 Å². The second kappa shape index (κ2) is 6.24. The molecule has 0 fully saturated rings. The average Bonchev–Trinajstić information content (AvgIpc) is 2.56. The molecule has 1 amide bonds. The number of rotatable bonds is 3. The molecule has 1 heterocycles. The second-order valence-electron chi connectivity index (χ2n) is 5.27. The summed E-state index contributed by atoms with van der Waals surface area (Å²) >= 11 is 0. The van der Waals surface area contributed by atoms with Crippen LogP contribution in [0.25, 0.3) is 0 Å². The van der Waals surface area contributed by atoms with E-state index in [2.05, 4.69) is 5.32 Å². The molecular formula is C17H15F2NO3. The standard InChI is InChI=1S/C17H15F2NO3/c1-10(11-6-7-12(18)13(19)8-11)20-17(21)16-9-22-14-4-2-3-5-15(14)23-16/h2-8,10,16H,9H2,1H3,(H,20,21)/t10-,16+/m0/s1. The minimum atomic E-state index is -0.949. The Labute approximate surface area is 132 Å². The molecule has 1 aliphatic rings. The monoisotopic (exact) mass is 319 g/mol. The number of carbonyl (C=O) groups is 1. The first kappa shape index (κ1) is 15.3. The van der Waals surface area contributed by atoms with Crippen LogP contribution in [0.4, 0.5) is 8.78 Å². The fourth-order valence-corrected chi connectivity index (χ4v) is 2.32. The van der Waals surface area contributed by atoms with Crippen molar-refractivity contribution in [3.63, 3.8) is 0 Å². The Balaban J connectivity index is 1.66. The summed E-state index contributed by atoms with van der Waals surface area (Å²) in [6.45, 7) is 1.77. The van der Waals surface area contributed by atoms with E-state index in [1.807, 2.05) is 6.07 Å². The van der Waals surface area contributed by atoms with Crippen molar-refractivity contribution in [2.45, 2.75) is 19.1 Å². The number of hydrogen-bond donors (Lipinski definition) is 1. The molecule has 1 aliphatic heterocycles. The molecule has 6 heteroatoms. The van der Waals surface area contributed by atoms with E-state index in [9.17, 15) is 13.6 Å². The van der Waals surface area contributed by atoms with Crippen LogP contribution in [0.3, 0.4) is 0 Å². The van der Waals surface area contributed by atoms with Gasteiger partial charge in [-0.3, -0.25) is 4.79 Å². The Morgan fingerprint density at radius 2 is 1.91 bits per heavy atom. The van der Waals surface area contributed by atoms with Crippen LogP contribution in [-0.4, -0.2) is 18.6 Å². The lowest BCUT2D eigenvalue weighted by Gasteiger charge is -2.26. The van der Waals surface area contributed by atoms with Crippen LogP contribution >= 0.6 is 0 Å². The topological polar surface area (TPSA) is 47.6 Å². The van der Waals surface area contributed by atoms with E-state index in [1.54, 1.807) is 25.1 Å². The zero-order valence-corrected chi connectivity index (χ0v) is 12.4. The van der Waals surface area contributed by atoms with Gasteiger partial charge in [0.05, 0.1) is 6.04 Å². The van der Waals surface area contributed by atoms with Crippen LogP contribution in [0, 0.1) is 11.6 Å². The molecular weight excluding hydrogens is 304 g/mol. The number of nitrogens with one attached hydrogen (secondary N) is 1. The second-order valence-corrected chi connectivity index (χ2v) is 5.27.